The van der Waals surface area contributed by atoms with Crippen LogP contribution in [0.15, 0.2) is 48.5 Å². The highest BCUT2D eigenvalue weighted by atomic mass is 16.5. The van der Waals surface area contributed by atoms with Crippen LogP contribution < -0.4 is 15.4 Å². The zero-order chi connectivity index (χ0) is 21.9. The number of carbonyl (C=O) groups excluding carboxylic acids is 4. The van der Waals surface area contributed by atoms with Crippen LogP contribution in [0.3, 0.4) is 0 Å². The Bertz CT molecular complexity index is 1000. The number of rotatable bonds is 7. The number of nitrogens with one attached hydrogen (secondary N) is 2. The number of benzene rings is 2. The number of Topliss-reactive ketones (excluding diaryl/α,β-unsaturated/α-hetero) is 1. The second kappa shape index (κ2) is 8.36. The van der Waals surface area contributed by atoms with Gasteiger partial charge in [0.2, 0.25) is 5.91 Å². The van der Waals surface area contributed by atoms with Crippen molar-refractivity contribution in [2.45, 2.75) is 25.8 Å². The van der Waals surface area contributed by atoms with Crippen molar-refractivity contribution in [3.8, 4) is 5.75 Å². The Labute approximate surface area is 174 Å². The fourth-order valence-electron chi connectivity index (χ4n) is 3.37. The number of para-hydroxylation sites is 1. The minimum absolute atomic E-state index is 0.0819. The minimum atomic E-state index is -1.19. The zero-order valence-electron chi connectivity index (χ0n) is 17.0. The Kier molecular flexibility index (Phi) is 5.86. The van der Waals surface area contributed by atoms with E-state index in [2.05, 4.69) is 10.6 Å². The molecule has 0 spiro atoms. The van der Waals surface area contributed by atoms with Crippen LogP contribution in [0.25, 0.3) is 0 Å². The lowest BCUT2D eigenvalue weighted by Gasteiger charge is -2.22. The van der Waals surface area contributed by atoms with Crippen LogP contribution in [0, 0.1) is 0 Å². The number of ketones is 1. The fraction of sp³-hybridized carbons (Fsp3) is 0.273. The fourth-order valence-corrected chi connectivity index (χ4v) is 3.37. The predicted octanol–water partition coefficient (Wildman–Crippen LogP) is 2.39. The van der Waals surface area contributed by atoms with Crippen molar-refractivity contribution in [3.63, 3.8) is 0 Å². The zero-order valence-corrected chi connectivity index (χ0v) is 17.0. The predicted molar refractivity (Wildman–Crippen MR) is 110 cm³/mol. The molecule has 4 amide bonds. The van der Waals surface area contributed by atoms with E-state index in [0.717, 1.165) is 10.5 Å². The van der Waals surface area contributed by atoms with Crippen LogP contribution in [0.1, 0.15) is 29.8 Å². The number of amides is 4. The molecule has 0 bridgehead atoms. The molecule has 1 aliphatic heterocycles. The number of urea groups is 1. The molecule has 0 aromatic heterocycles. The van der Waals surface area contributed by atoms with E-state index in [1.165, 1.54) is 14.0 Å². The molecule has 30 heavy (non-hydrogen) atoms. The number of methoxy groups -OCH3 is 1. The first-order chi connectivity index (χ1) is 14.2. The Morgan fingerprint density at radius 1 is 1.10 bits per heavy atom. The van der Waals surface area contributed by atoms with Gasteiger partial charge in [0.1, 0.15) is 17.8 Å². The van der Waals surface area contributed by atoms with Crippen LogP contribution in [0.4, 0.5) is 10.5 Å². The van der Waals surface area contributed by atoms with E-state index >= 15 is 0 Å². The van der Waals surface area contributed by atoms with Crippen molar-refractivity contribution in [1.29, 1.82) is 0 Å². The molecule has 2 aromatic rings. The maximum atomic E-state index is 12.9. The van der Waals surface area contributed by atoms with Crippen molar-refractivity contribution in [2.75, 3.05) is 19.0 Å². The number of hydrogen-bond donors (Lipinski definition) is 2. The summed E-state index contributed by atoms with van der Waals surface area (Å²) in [5.74, 6) is -0.469. The highest BCUT2D eigenvalue weighted by Gasteiger charge is 2.48. The Balaban J connectivity index is 1.68. The number of ether oxygens (including phenoxy) is 1. The number of carbonyl (C=O) groups is 4. The minimum Gasteiger partial charge on any atom is -0.496 e. The maximum absolute atomic E-state index is 12.9. The molecule has 1 saturated heterocycles. The first kappa shape index (κ1) is 21.0. The molecule has 156 valence electrons. The van der Waals surface area contributed by atoms with Crippen molar-refractivity contribution in [1.82, 2.24) is 10.2 Å². The Hall–Kier alpha value is -3.68. The molecule has 3 rings (SSSR count). The normalized spacial score (nSPS) is 18.2. The summed E-state index contributed by atoms with van der Waals surface area (Å²) in [5, 5.41) is 5.31. The Morgan fingerprint density at radius 2 is 1.77 bits per heavy atom. The molecule has 0 saturated carbocycles. The van der Waals surface area contributed by atoms with Crippen molar-refractivity contribution in [2.24, 2.45) is 0 Å². The van der Waals surface area contributed by atoms with Crippen molar-refractivity contribution < 1.29 is 23.9 Å². The third-order valence-electron chi connectivity index (χ3n) is 4.96. The molecule has 8 heteroatoms. The molecular weight excluding hydrogens is 386 g/mol. The smallest absolute Gasteiger partial charge is 0.325 e. The largest absolute Gasteiger partial charge is 0.496 e. The highest BCUT2D eigenvalue weighted by molar-refractivity contribution is 6.10. The van der Waals surface area contributed by atoms with Gasteiger partial charge in [0.05, 0.1) is 7.11 Å². The van der Waals surface area contributed by atoms with E-state index in [1.807, 2.05) is 18.2 Å². The van der Waals surface area contributed by atoms with Gasteiger partial charge in [-0.3, -0.25) is 19.3 Å². The second-order valence-electron chi connectivity index (χ2n) is 7.32. The van der Waals surface area contributed by atoms with Gasteiger partial charge in [-0.2, -0.15) is 0 Å². The first-order valence-corrected chi connectivity index (χ1v) is 9.40. The van der Waals surface area contributed by atoms with Gasteiger partial charge in [-0.05, 0) is 49.7 Å². The summed E-state index contributed by atoms with van der Waals surface area (Å²) in [6.07, 6.45) is 0.228. The van der Waals surface area contributed by atoms with Crippen molar-refractivity contribution in [3.05, 3.63) is 59.7 Å². The van der Waals surface area contributed by atoms with Crippen molar-refractivity contribution >= 4 is 29.3 Å². The standard InChI is InChI=1S/C22H23N3O5/c1-14(26)15-8-10-17(11-9-15)23-19(27)13-25-20(28)22(2,24-21(25)29)12-16-6-4-5-7-18(16)30-3/h4-11H,12-13H2,1-3H3,(H,23,27)(H,24,29)/t22-/m1/s1. The van der Waals surface area contributed by atoms with Gasteiger partial charge in [0.25, 0.3) is 5.91 Å². The van der Waals surface area contributed by atoms with E-state index in [0.29, 0.717) is 17.0 Å². The van der Waals surface area contributed by atoms with E-state index in [1.54, 1.807) is 37.3 Å². The lowest BCUT2D eigenvalue weighted by atomic mass is 9.92. The van der Waals surface area contributed by atoms with Gasteiger partial charge >= 0.3 is 6.03 Å². The summed E-state index contributed by atoms with van der Waals surface area (Å²) in [6, 6.07) is 13.0. The van der Waals surface area contributed by atoms with E-state index < -0.39 is 29.9 Å². The number of imide groups is 1. The van der Waals surface area contributed by atoms with Gasteiger partial charge in [-0.1, -0.05) is 18.2 Å². The topological polar surface area (TPSA) is 105 Å². The first-order valence-electron chi connectivity index (χ1n) is 9.40. The van der Waals surface area contributed by atoms with E-state index in [-0.39, 0.29) is 12.2 Å². The molecular formula is C22H23N3O5. The van der Waals surface area contributed by atoms with Crippen LogP contribution in [0.5, 0.6) is 5.75 Å². The lowest BCUT2D eigenvalue weighted by molar-refractivity contribution is -0.133. The third-order valence-corrected chi connectivity index (χ3v) is 4.96. The van der Waals surface area contributed by atoms with Gasteiger partial charge in [-0.25, -0.2) is 4.79 Å². The summed E-state index contributed by atoms with van der Waals surface area (Å²) < 4.78 is 5.32. The summed E-state index contributed by atoms with van der Waals surface area (Å²) in [4.78, 5) is 49.9. The monoisotopic (exact) mass is 409 g/mol. The van der Waals surface area contributed by atoms with Crippen LogP contribution in [-0.4, -0.2) is 47.7 Å². The number of nitrogens with zero attached hydrogens (tertiary/aromatic N) is 1. The van der Waals surface area contributed by atoms with E-state index in [9.17, 15) is 19.2 Å². The third kappa shape index (κ3) is 4.32. The van der Waals surface area contributed by atoms with Gasteiger partial charge in [0, 0.05) is 17.7 Å². The highest BCUT2D eigenvalue weighted by Crippen LogP contribution is 2.27. The van der Waals surface area contributed by atoms with Crippen LogP contribution in [-0.2, 0) is 16.0 Å². The van der Waals surface area contributed by atoms with Crippen LogP contribution >= 0.6 is 0 Å². The average Bonchev–Trinajstić information content (AvgIpc) is 2.91. The molecule has 0 aliphatic carbocycles. The SMILES string of the molecule is COc1ccccc1C[C@@]1(C)NC(=O)N(CC(=O)Nc2ccc(C(C)=O)cc2)C1=O. The molecule has 2 N–H and O–H groups in total. The summed E-state index contributed by atoms with van der Waals surface area (Å²) in [5.41, 5.74) is 0.575. The summed E-state index contributed by atoms with van der Waals surface area (Å²) >= 11 is 0. The molecule has 1 aliphatic rings. The Morgan fingerprint density at radius 3 is 2.40 bits per heavy atom. The molecule has 0 unspecified atom stereocenters. The summed E-state index contributed by atoms with van der Waals surface area (Å²) in [7, 11) is 1.54. The van der Waals surface area contributed by atoms with Gasteiger partial charge < -0.3 is 15.4 Å². The molecule has 0 radical (unpaired) electrons. The summed E-state index contributed by atoms with van der Waals surface area (Å²) in [6.45, 7) is 2.66. The molecule has 1 heterocycles. The molecule has 1 atom stereocenters. The number of hydrogen-bond acceptors (Lipinski definition) is 5. The average molecular weight is 409 g/mol. The van der Waals surface area contributed by atoms with E-state index in [4.69, 9.17) is 4.74 Å². The molecule has 1 fully saturated rings. The second-order valence-corrected chi connectivity index (χ2v) is 7.32. The lowest BCUT2D eigenvalue weighted by Crippen LogP contribution is -2.46. The molecule has 2 aromatic carbocycles. The maximum Gasteiger partial charge on any atom is 0.325 e. The van der Waals surface area contributed by atoms with Crippen LogP contribution in [0.2, 0.25) is 0 Å². The molecule has 8 nitrogen and oxygen atoms in total. The van der Waals surface area contributed by atoms with Gasteiger partial charge in [0.15, 0.2) is 5.78 Å². The quantitative estimate of drug-likeness (QED) is 0.540. The number of anilines is 1. The van der Waals surface area contributed by atoms with Gasteiger partial charge in [-0.15, -0.1) is 0 Å².